The summed E-state index contributed by atoms with van der Waals surface area (Å²) in [6.45, 7) is 4.62. The Kier molecular flexibility index (Phi) is 10.3. The molecule has 0 aliphatic carbocycles. The molecule has 1 atom stereocenters. The molecule has 0 fully saturated rings. The minimum absolute atomic E-state index is 0.341. The smallest absolute Gasteiger partial charge is 0.338 e. The SMILES string of the molecule is CCCCOC(=O)C1=C(C)Nc2nc(SCc3ccccc3Cl)nn2C1c1ccc(OCc2cccc(Br)c2)c(OC)c1. The molecule has 8 nitrogen and oxygen atoms in total. The van der Waals surface area contributed by atoms with Crippen LogP contribution in [-0.4, -0.2) is 34.5 Å². The van der Waals surface area contributed by atoms with Gasteiger partial charge in [0.2, 0.25) is 11.1 Å². The number of methoxy groups -OCH3 is 1. The Balaban J connectivity index is 1.47. The van der Waals surface area contributed by atoms with Crippen LogP contribution in [-0.2, 0) is 21.9 Å². The highest BCUT2D eigenvalue weighted by molar-refractivity contribution is 9.10. The molecule has 2 heterocycles. The molecule has 11 heteroatoms. The van der Waals surface area contributed by atoms with Crippen molar-refractivity contribution in [2.75, 3.05) is 19.0 Å². The fourth-order valence-electron chi connectivity index (χ4n) is 4.67. The van der Waals surface area contributed by atoms with E-state index in [-0.39, 0.29) is 0 Å². The lowest BCUT2D eigenvalue weighted by molar-refractivity contribution is -0.139. The van der Waals surface area contributed by atoms with Gasteiger partial charge in [0.1, 0.15) is 12.6 Å². The number of ether oxygens (including phenoxy) is 3. The average Bonchev–Trinajstić information content (AvgIpc) is 3.41. The van der Waals surface area contributed by atoms with Crippen molar-refractivity contribution in [3.8, 4) is 11.5 Å². The van der Waals surface area contributed by atoms with Gasteiger partial charge in [0.15, 0.2) is 11.5 Å². The first-order chi connectivity index (χ1) is 20.9. The molecule has 0 bridgehead atoms. The topological polar surface area (TPSA) is 87.5 Å². The first-order valence-corrected chi connectivity index (χ1v) is 16.1. The maximum atomic E-state index is 13.5. The number of nitrogens with one attached hydrogen (secondary N) is 1. The van der Waals surface area contributed by atoms with Gasteiger partial charge in [0.25, 0.3) is 0 Å². The van der Waals surface area contributed by atoms with E-state index in [1.54, 1.807) is 11.8 Å². The predicted molar refractivity (Wildman–Crippen MR) is 173 cm³/mol. The second kappa shape index (κ2) is 14.3. The number of nitrogens with zero attached hydrogens (tertiary/aromatic N) is 3. The van der Waals surface area contributed by atoms with Gasteiger partial charge in [0, 0.05) is 20.9 Å². The fraction of sp³-hybridized carbons (Fsp3) is 0.281. The molecular weight excluding hydrogens is 652 g/mol. The van der Waals surface area contributed by atoms with Crippen molar-refractivity contribution in [1.29, 1.82) is 0 Å². The highest BCUT2D eigenvalue weighted by Crippen LogP contribution is 2.40. The molecule has 0 saturated heterocycles. The summed E-state index contributed by atoms with van der Waals surface area (Å²) in [5, 5.41) is 9.34. The standard InChI is InChI=1S/C32H32BrClN4O4S/c1-4-5-15-41-30(39)28-20(2)35-31-36-32(43-19-23-10-6-7-12-25(23)34)37-38(31)29(28)22-13-14-26(27(17-22)40-3)42-18-21-9-8-11-24(33)16-21/h6-14,16-17,29H,4-5,15,18-19H2,1-3H3,(H,35,36,37). The Hall–Kier alpha value is -3.47. The Morgan fingerprint density at radius 3 is 2.72 bits per heavy atom. The minimum Gasteiger partial charge on any atom is -0.493 e. The van der Waals surface area contributed by atoms with Crippen molar-refractivity contribution in [2.24, 2.45) is 0 Å². The Bertz CT molecular complexity index is 1640. The quantitative estimate of drug-likeness (QED) is 0.0909. The van der Waals surface area contributed by atoms with E-state index in [0.29, 0.717) is 57.9 Å². The van der Waals surface area contributed by atoms with Crippen LogP contribution in [0.1, 0.15) is 49.4 Å². The van der Waals surface area contributed by atoms with Gasteiger partial charge in [-0.05, 0) is 60.4 Å². The maximum absolute atomic E-state index is 13.5. The number of halogens is 2. The predicted octanol–water partition coefficient (Wildman–Crippen LogP) is 8.21. The lowest BCUT2D eigenvalue weighted by Crippen LogP contribution is -2.29. The van der Waals surface area contributed by atoms with E-state index in [2.05, 4.69) is 28.2 Å². The normalized spacial score (nSPS) is 14.2. The van der Waals surface area contributed by atoms with E-state index >= 15 is 0 Å². The Labute approximate surface area is 268 Å². The van der Waals surface area contributed by atoms with Gasteiger partial charge in [-0.2, -0.15) is 4.98 Å². The number of esters is 1. The number of hydrogen-bond donors (Lipinski definition) is 1. The van der Waals surface area contributed by atoms with Crippen molar-refractivity contribution >= 4 is 51.2 Å². The molecule has 0 spiro atoms. The number of fused-ring (bicyclic) bond motifs is 1. The summed E-state index contributed by atoms with van der Waals surface area (Å²) in [5.74, 6) is 1.86. The third kappa shape index (κ3) is 7.37. The number of unbranched alkanes of at least 4 members (excludes halogenated alkanes) is 1. The largest absolute Gasteiger partial charge is 0.493 e. The molecule has 224 valence electrons. The van der Waals surface area contributed by atoms with Gasteiger partial charge >= 0.3 is 5.97 Å². The molecule has 4 aromatic rings. The second-order valence-corrected chi connectivity index (χ2v) is 12.2. The van der Waals surface area contributed by atoms with E-state index in [1.165, 1.54) is 11.8 Å². The third-order valence-corrected chi connectivity index (χ3v) is 8.63. The van der Waals surface area contributed by atoms with Crippen LogP contribution >= 0.6 is 39.3 Å². The van der Waals surface area contributed by atoms with E-state index in [1.807, 2.05) is 73.7 Å². The Morgan fingerprint density at radius 2 is 1.95 bits per heavy atom. The summed E-state index contributed by atoms with van der Waals surface area (Å²) < 4.78 is 20.3. The number of anilines is 1. The number of allylic oxidation sites excluding steroid dienone is 1. The van der Waals surface area contributed by atoms with Crippen molar-refractivity contribution < 1.29 is 19.0 Å². The van der Waals surface area contributed by atoms with Crippen molar-refractivity contribution in [2.45, 2.75) is 50.2 Å². The molecule has 5 rings (SSSR count). The van der Waals surface area contributed by atoms with E-state index in [4.69, 9.17) is 35.9 Å². The van der Waals surface area contributed by atoms with Crippen LogP contribution in [0.2, 0.25) is 5.02 Å². The van der Waals surface area contributed by atoms with Gasteiger partial charge < -0.3 is 19.5 Å². The molecule has 3 aromatic carbocycles. The molecule has 0 radical (unpaired) electrons. The highest BCUT2D eigenvalue weighted by atomic mass is 79.9. The lowest BCUT2D eigenvalue weighted by atomic mass is 9.95. The highest BCUT2D eigenvalue weighted by Gasteiger charge is 2.36. The van der Waals surface area contributed by atoms with Gasteiger partial charge in [-0.1, -0.05) is 89.0 Å². The van der Waals surface area contributed by atoms with Crippen LogP contribution in [0.5, 0.6) is 11.5 Å². The zero-order chi connectivity index (χ0) is 30.3. The minimum atomic E-state index is -0.597. The van der Waals surface area contributed by atoms with Crippen LogP contribution in [0.15, 0.2) is 87.6 Å². The maximum Gasteiger partial charge on any atom is 0.338 e. The summed E-state index contributed by atoms with van der Waals surface area (Å²) in [6, 6.07) is 20.7. The van der Waals surface area contributed by atoms with Crippen LogP contribution in [0, 0.1) is 0 Å². The lowest BCUT2D eigenvalue weighted by Gasteiger charge is -2.28. The van der Waals surface area contributed by atoms with Crippen LogP contribution < -0.4 is 14.8 Å². The van der Waals surface area contributed by atoms with Gasteiger partial charge in [0.05, 0.1) is 19.3 Å². The van der Waals surface area contributed by atoms with Gasteiger partial charge in [-0.15, -0.1) is 5.10 Å². The van der Waals surface area contributed by atoms with E-state index in [9.17, 15) is 4.79 Å². The summed E-state index contributed by atoms with van der Waals surface area (Å²) >= 11 is 11.3. The van der Waals surface area contributed by atoms with Crippen LogP contribution in [0.25, 0.3) is 0 Å². The number of benzene rings is 3. The van der Waals surface area contributed by atoms with Crippen molar-refractivity contribution in [1.82, 2.24) is 14.8 Å². The van der Waals surface area contributed by atoms with Gasteiger partial charge in [-0.3, -0.25) is 0 Å². The van der Waals surface area contributed by atoms with Gasteiger partial charge in [-0.25, -0.2) is 9.48 Å². The average molecular weight is 684 g/mol. The monoisotopic (exact) mass is 682 g/mol. The molecule has 1 N–H and O–H groups in total. The second-order valence-electron chi connectivity index (χ2n) is 9.93. The number of hydrogen-bond acceptors (Lipinski definition) is 8. The van der Waals surface area contributed by atoms with Crippen LogP contribution in [0.4, 0.5) is 5.95 Å². The summed E-state index contributed by atoms with van der Waals surface area (Å²) in [7, 11) is 1.60. The number of rotatable bonds is 12. The molecule has 1 aliphatic rings. The zero-order valence-electron chi connectivity index (χ0n) is 24.1. The zero-order valence-corrected chi connectivity index (χ0v) is 27.3. The number of thioether (sulfide) groups is 1. The number of carbonyl (C=O) groups is 1. The summed E-state index contributed by atoms with van der Waals surface area (Å²) in [4.78, 5) is 18.2. The first kappa shape index (κ1) is 31.0. The molecule has 43 heavy (non-hydrogen) atoms. The van der Waals surface area contributed by atoms with Crippen LogP contribution in [0.3, 0.4) is 0 Å². The molecule has 0 saturated carbocycles. The molecule has 0 amide bonds. The number of aromatic nitrogens is 3. The fourth-order valence-corrected chi connectivity index (χ4v) is 6.23. The Morgan fingerprint density at radius 1 is 1.12 bits per heavy atom. The molecular formula is C32H32BrClN4O4S. The number of carbonyl (C=O) groups excluding carboxylic acids is 1. The summed E-state index contributed by atoms with van der Waals surface area (Å²) in [5.41, 5.74) is 3.90. The summed E-state index contributed by atoms with van der Waals surface area (Å²) in [6.07, 6.45) is 1.70. The first-order valence-electron chi connectivity index (χ1n) is 13.9. The van der Waals surface area contributed by atoms with Crippen molar-refractivity contribution in [3.63, 3.8) is 0 Å². The molecule has 1 unspecified atom stereocenters. The third-order valence-electron chi connectivity index (χ3n) is 6.89. The van der Waals surface area contributed by atoms with E-state index < -0.39 is 12.0 Å². The van der Waals surface area contributed by atoms with E-state index in [0.717, 1.165) is 34.0 Å². The molecule has 1 aromatic heterocycles. The van der Waals surface area contributed by atoms with Crippen molar-refractivity contribution in [3.05, 3.63) is 104 Å². The molecule has 1 aliphatic heterocycles.